The molecule has 1 aliphatic rings. The SMILES string of the molecule is C#CCCC1(C(=O)O)CCC(C)(C)CC1. The Morgan fingerprint density at radius 2 is 1.87 bits per heavy atom. The molecule has 0 bridgehead atoms. The predicted molar refractivity (Wildman–Crippen MR) is 60.4 cm³/mol. The fourth-order valence-corrected chi connectivity index (χ4v) is 2.29. The zero-order chi connectivity index (χ0) is 11.5. The van der Waals surface area contributed by atoms with Gasteiger partial charge in [-0.05, 0) is 37.5 Å². The number of hydrogen-bond donors (Lipinski definition) is 1. The van der Waals surface area contributed by atoms with Gasteiger partial charge in [-0.3, -0.25) is 4.79 Å². The lowest BCUT2D eigenvalue weighted by Gasteiger charge is -2.40. The normalized spacial score (nSPS) is 23.0. The van der Waals surface area contributed by atoms with E-state index in [4.69, 9.17) is 6.42 Å². The van der Waals surface area contributed by atoms with Gasteiger partial charge in [-0.1, -0.05) is 13.8 Å². The van der Waals surface area contributed by atoms with Crippen LogP contribution in [0.5, 0.6) is 0 Å². The van der Waals surface area contributed by atoms with E-state index in [2.05, 4.69) is 19.8 Å². The summed E-state index contributed by atoms with van der Waals surface area (Å²) in [6.07, 6.45) is 9.95. The molecule has 1 N–H and O–H groups in total. The van der Waals surface area contributed by atoms with Crippen molar-refractivity contribution < 1.29 is 9.90 Å². The number of carbonyl (C=O) groups is 1. The molecule has 1 fully saturated rings. The first-order valence-corrected chi connectivity index (χ1v) is 5.59. The molecule has 0 spiro atoms. The van der Waals surface area contributed by atoms with Gasteiger partial charge in [0.05, 0.1) is 5.41 Å². The van der Waals surface area contributed by atoms with Crippen molar-refractivity contribution in [3.8, 4) is 12.3 Å². The van der Waals surface area contributed by atoms with Crippen LogP contribution in [0.3, 0.4) is 0 Å². The van der Waals surface area contributed by atoms with Crippen molar-refractivity contribution in [1.82, 2.24) is 0 Å². The third kappa shape index (κ3) is 2.75. The van der Waals surface area contributed by atoms with E-state index in [1.807, 2.05) is 0 Å². The van der Waals surface area contributed by atoms with Gasteiger partial charge in [0, 0.05) is 6.42 Å². The maximum atomic E-state index is 11.3. The molecule has 15 heavy (non-hydrogen) atoms. The molecule has 0 unspecified atom stereocenters. The van der Waals surface area contributed by atoms with Crippen LogP contribution in [-0.4, -0.2) is 11.1 Å². The van der Waals surface area contributed by atoms with E-state index in [9.17, 15) is 9.90 Å². The number of terminal acetylenes is 1. The summed E-state index contributed by atoms with van der Waals surface area (Å²) in [6.45, 7) is 4.42. The minimum Gasteiger partial charge on any atom is -0.481 e. The third-order valence-electron chi connectivity index (χ3n) is 3.76. The molecule has 0 radical (unpaired) electrons. The highest BCUT2D eigenvalue weighted by molar-refractivity contribution is 5.74. The summed E-state index contributed by atoms with van der Waals surface area (Å²) in [5.74, 6) is 1.89. The van der Waals surface area contributed by atoms with Crippen molar-refractivity contribution in [2.75, 3.05) is 0 Å². The minimum absolute atomic E-state index is 0.301. The maximum absolute atomic E-state index is 11.3. The van der Waals surface area contributed by atoms with Crippen molar-refractivity contribution >= 4 is 5.97 Å². The molecule has 0 aromatic rings. The Morgan fingerprint density at radius 3 is 2.27 bits per heavy atom. The average Bonchev–Trinajstić information content (AvgIpc) is 2.16. The van der Waals surface area contributed by atoms with Crippen molar-refractivity contribution in [1.29, 1.82) is 0 Å². The second kappa shape index (κ2) is 4.26. The van der Waals surface area contributed by atoms with Crippen LogP contribution in [-0.2, 0) is 4.79 Å². The smallest absolute Gasteiger partial charge is 0.309 e. The largest absolute Gasteiger partial charge is 0.481 e. The number of carboxylic acids is 1. The molecule has 0 aromatic heterocycles. The molecule has 0 saturated heterocycles. The molecular weight excluding hydrogens is 188 g/mol. The molecule has 1 aliphatic carbocycles. The molecule has 84 valence electrons. The lowest BCUT2D eigenvalue weighted by Crippen LogP contribution is -2.37. The molecule has 0 aromatic carbocycles. The second-order valence-electron chi connectivity index (χ2n) is 5.45. The second-order valence-corrected chi connectivity index (χ2v) is 5.45. The molecule has 1 rings (SSSR count). The van der Waals surface area contributed by atoms with Gasteiger partial charge in [0.1, 0.15) is 0 Å². The Morgan fingerprint density at radius 1 is 1.33 bits per heavy atom. The highest BCUT2D eigenvalue weighted by Gasteiger charge is 2.43. The van der Waals surface area contributed by atoms with Crippen molar-refractivity contribution in [3.63, 3.8) is 0 Å². The molecule has 0 atom stereocenters. The molecule has 2 heteroatoms. The van der Waals surface area contributed by atoms with E-state index in [1.165, 1.54) is 0 Å². The zero-order valence-corrected chi connectivity index (χ0v) is 9.68. The van der Waals surface area contributed by atoms with E-state index in [0.717, 1.165) is 25.7 Å². The van der Waals surface area contributed by atoms with Gasteiger partial charge < -0.3 is 5.11 Å². The van der Waals surface area contributed by atoms with Gasteiger partial charge in [-0.2, -0.15) is 0 Å². The van der Waals surface area contributed by atoms with Gasteiger partial charge in [0.15, 0.2) is 0 Å². The molecule has 2 nitrogen and oxygen atoms in total. The Balaban J connectivity index is 2.70. The molecule has 0 aliphatic heterocycles. The van der Waals surface area contributed by atoms with E-state index < -0.39 is 11.4 Å². The molecule has 0 amide bonds. The maximum Gasteiger partial charge on any atom is 0.309 e. The first-order valence-electron chi connectivity index (χ1n) is 5.59. The Kier molecular flexibility index (Phi) is 3.44. The van der Waals surface area contributed by atoms with Crippen molar-refractivity contribution in [3.05, 3.63) is 0 Å². The van der Waals surface area contributed by atoms with Crippen molar-refractivity contribution in [2.45, 2.75) is 52.4 Å². The van der Waals surface area contributed by atoms with Gasteiger partial charge in [0.25, 0.3) is 0 Å². The lowest BCUT2D eigenvalue weighted by atomic mass is 9.63. The van der Waals surface area contributed by atoms with Crippen LogP contribution in [0.15, 0.2) is 0 Å². The van der Waals surface area contributed by atoms with E-state index in [-0.39, 0.29) is 0 Å². The van der Waals surface area contributed by atoms with Crippen molar-refractivity contribution in [2.24, 2.45) is 10.8 Å². The number of hydrogen-bond acceptors (Lipinski definition) is 1. The van der Waals surface area contributed by atoms with Crippen LogP contribution < -0.4 is 0 Å². The summed E-state index contributed by atoms with van der Waals surface area (Å²) in [5, 5.41) is 9.32. The van der Waals surface area contributed by atoms with Crippen LogP contribution >= 0.6 is 0 Å². The molecule has 1 saturated carbocycles. The quantitative estimate of drug-likeness (QED) is 0.724. The topological polar surface area (TPSA) is 37.3 Å². The Bertz CT molecular complexity index is 273. The number of carboxylic acid groups (broad SMARTS) is 1. The molecule has 0 heterocycles. The first kappa shape index (κ1) is 12.1. The van der Waals surface area contributed by atoms with E-state index >= 15 is 0 Å². The first-order chi connectivity index (χ1) is 6.92. The van der Waals surface area contributed by atoms with Crippen LogP contribution in [0.25, 0.3) is 0 Å². The standard InChI is InChI=1S/C13H20O2/c1-4-5-6-13(11(14)15)9-7-12(2,3)8-10-13/h1H,5-10H2,2-3H3,(H,14,15). The highest BCUT2D eigenvalue weighted by Crippen LogP contribution is 2.47. The van der Waals surface area contributed by atoms with Crippen LogP contribution in [0.4, 0.5) is 0 Å². The lowest BCUT2D eigenvalue weighted by molar-refractivity contribution is -0.153. The van der Waals surface area contributed by atoms with E-state index in [1.54, 1.807) is 0 Å². The highest BCUT2D eigenvalue weighted by atomic mass is 16.4. The fraction of sp³-hybridized carbons (Fsp3) is 0.769. The number of rotatable bonds is 3. The van der Waals surface area contributed by atoms with E-state index in [0.29, 0.717) is 18.3 Å². The van der Waals surface area contributed by atoms with Gasteiger partial charge >= 0.3 is 5.97 Å². The minimum atomic E-state index is -0.659. The summed E-state index contributed by atoms with van der Waals surface area (Å²) in [5.41, 5.74) is -0.239. The average molecular weight is 208 g/mol. The zero-order valence-electron chi connectivity index (χ0n) is 9.68. The summed E-state index contributed by atoms with van der Waals surface area (Å²) in [7, 11) is 0. The number of aliphatic carboxylic acids is 1. The monoisotopic (exact) mass is 208 g/mol. The Hall–Kier alpha value is -0.970. The van der Waals surface area contributed by atoms with Crippen LogP contribution in [0.2, 0.25) is 0 Å². The third-order valence-corrected chi connectivity index (χ3v) is 3.76. The van der Waals surface area contributed by atoms with Crippen LogP contribution in [0, 0.1) is 23.2 Å². The summed E-state index contributed by atoms with van der Waals surface area (Å²) in [4.78, 5) is 11.3. The van der Waals surface area contributed by atoms with Crippen LogP contribution in [0.1, 0.15) is 52.4 Å². The summed E-state index contributed by atoms with van der Waals surface area (Å²) >= 11 is 0. The van der Waals surface area contributed by atoms with Gasteiger partial charge in [-0.15, -0.1) is 12.3 Å². The fourth-order valence-electron chi connectivity index (χ4n) is 2.29. The summed E-state index contributed by atoms with van der Waals surface area (Å²) < 4.78 is 0. The predicted octanol–water partition coefficient (Wildman–Crippen LogP) is 3.07. The summed E-state index contributed by atoms with van der Waals surface area (Å²) in [6, 6.07) is 0. The molecular formula is C13H20O2. The Labute approximate surface area is 92.1 Å². The van der Waals surface area contributed by atoms with Gasteiger partial charge in [0.2, 0.25) is 0 Å². The van der Waals surface area contributed by atoms with Gasteiger partial charge in [-0.25, -0.2) is 0 Å².